The topological polar surface area (TPSA) is 79.2 Å². The highest BCUT2D eigenvalue weighted by molar-refractivity contribution is 5.94. The van der Waals surface area contributed by atoms with Crippen molar-refractivity contribution in [2.75, 3.05) is 38.5 Å². The van der Waals surface area contributed by atoms with Gasteiger partial charge in [0.05, 0.1) is 17.6 Å². The first-order valence-corrected chi connectivity index (χ1v) is 11.3. The Bertz CT molecular complexity index is 1100. The van der Waals surface area contributed by atoms with Gasteiger partial charge in [0.1, 0.15) is 5.82 Å². The molecule has 2 fully saturated rings. The molecule has 0 radical (unpaired) electrons. The molecule has 32 heavy (non-hydrogen) atoms. The van der Waals surface area contributed by atoms with Crippen LogP contribution in [0.4, 0.5) is 11.6 Å². The highest BCUT2D eigenvalue weighted by Gasteiger charge is 2.24. The highest BCUT2D eigenvalue weighted by Crippen LogP contribution is 2.36. The van der Waals surface area contributed by atoms with E-state index >= 15 is 0 Å². The van der Waals surface area contributed by atoms with Crippen LogP contribution in [0.25, 0.3) is 11.4 Å². The van der Waals surface area contributed by atoms with Crippen molar-refractivity contribution >= 4 is 17.5 Å². The van der Waals surface area contributed by atoms with E-state index in [0.29, 0.717) is 17.6 Å². The summed E-state index contributed by atoms with van der Waals surface area (Å²) in [6.07, 6.45) is 7.33. The van der Waals surface area contributed by atoms with Crippen LogP contribution in [-0.2, 0) is 0 Å². The van der Waals surface area contributed by atoms with Crippen LogP contribution in [0.5, 0.6) is 0 Å². The minimum Gasteiger partial charge on any atom is -0.336 e. The zero-order valence-corrected chi connectivity index (χ0v) is 18.7. The smallest absolute Gasteiger partial charge is 0.253 e. The van der Waals surface area contributed by atoms with E-state index in [-0.39, 0.29) is 5.91 Å². The van der Waals surface area contributed by atoms with Crippen molar-refractivity contribution < 1.29 is 4.79 Å². The molecule has 8 nitrogen and oxygen atoms in total. The SMILES string of the molecule is Cc1ncc(-c2ccnc(Nc3ccc(C(=O)N4CCN(C)CC4)cc3)n2)n1C1CCC1. The summed E-state index contributed by atoms with van der Waals surface area (Å²) >= 11 is 0. The molecule has 166 valence electrons. The van der Waals surface area contributed by atoms with Gasteiger partial charge in [-0.3, -0.25) is 4.79 Å². The van der Waals surface area contributed by atoms with Crippen LogP contribution < -0.4 is 5.32 Å². The molecule has 1 saturated heterocycles. The molecular formula is C24H29N7O. The minimum atomic E-state index is 0.0857. The van der Waals surface area contributed by atoms with E-state index in [1.807, 2.05) is 48.4 Å². The number of nitrogens with zero attached hydrogens (tertiary/aromatic N) is 6. The maximum atomic E-state index is 12.8. The van der Waals surface area contributed by atoms with Crippen molar-refractivity contribution in [2.45, 2.75) is 32.2 Å². The van der Waals surface area contributed by atoms with Gasteiger partial charge in [-0.2, -0.15) is 0 Å². The number of nitrogens with one attached hydrogen (secondary N) is 1. The Labute approximate surface area is 188 Å². The molecular weight excluding hydrogens is 402 g/mol. The number of piperazine rings is 1. The molecule has 1 aliphatic carbocycles. The molecule has 0 bridgehead atoms. The number of aryl methyl sites for hydroxylation is 1. The van der Waals surface area contributed by atoms with Crippen molar-refractivity contribution in [3.63, 3.8) is 0 Å². The number of amides is 1. The number of hydrogen-bond donors (Lipinski definition) is 1. The van der Waals surface area contributed by atoms with E-state index in [1.165, 1.54) is 19.3 Å². The van der Waals surface area contributed by atoms with E-state index in [2.05, 4.69) is 31.8 Å². The molecule has 1 aliphatic heterocycles. The summed E-state index contributed by atoms with van der Waals surface area (Å²) in [6, 6.07) is 9.98. The maximum absolute atomic E-state index is 12.8. The fourth-order valence-corrected chi connectivity index (χ4v) is 4.33. The molecule has 2 aliphatic rings. The Hall–Kier alpha value is -3.26. The molecule has 1 amide bonds. The molecule has 3 heterocycles. The number of rotatable bonds is 5. The third-order valence-electron chi connectivity index (χ3n) is 6.52. The van der Waals surface area contributed by atoms with Gasteiger partial charge in [-0.05, 0) is 63.6 Å². The van der Waals surface area contributed by atoms with Crippen molar-refractivity contribution in [1.29, 1.82) is 0 Å². The van der Waals surface area contributed by atoms with Gasteiger partial charge in [-0.1, -0.05) is 0 Å². The van der Waals surface area contributed by atoms with Crippen LogP contribution in [0.2, 0.25) is 0 Å². The first-order chi connectivity index (χ1) is 15.6. The zero-order chi connectivity index (χ0) is 22.1. The summed E-state index contributed by atoms with van der Waals surface area (Å²) in [5, 5.41) is 3.27. The third kappa shape index (κ3) is 4.10. The standard InChI is InChI=1S/C24H29N7O/c1-17-26-16-22(31(17)20-4-3-5-20)21-10-11-25-24(28-21)27-19-8-6-18(7-9-19)23(32)30-14-12-29(2)13-15-30/h6-11,16,20H,3-5,12-15H2,1-2H3,(H,25,27,28). The number of aromatic nitrogens is 4. The molecule has 1 aromatic carbocycles. The first-order valence-electron chi connectivity index (χ1n) is 11.3. The Morgan fingerprint density at radius 1 is 1.03 bits per heavy atom. The van der Waals surface area contributed by atoms with Crippen LogP contribution >= 0.6 is 0 Å². The predicted octanol–water partition coefficient (Wildman–Crippen LogP) is 3.50. The van der Waals surface area contributed by atoms with E-state index < -0.39 is 0 Å². The lowest BCUT2D eigenvalue weighted by atomic mass is 9.92. The molecule has 1 N–H and O–H groups in total. The monoisotopic (exact) mass is 431 g/mol. The number of benzene rings is 1. The van der Waals surface area contributed by atoms with Crippen LogP contribution in [0.1, 0.15) is 41.5 Å². The van der Waals surface area contributed by atoms with Gasteiger partial charge in [0.2, 0.25) is 5.95 Å². The number of carbonyl (C=O) groups is 1. The largest absolute Gasteiger partial charge is 0.336 e. The van der Waals surface area contributed by atoms with E-state index in [1.54, 1.807) is 6.20 Å². The summed E-state index contributed by atoms with van der Waals surface area (Å²) in [6.45, 7) is 5.42. The molecule has 3 aromatic rings. The molecule has 0 unspecified atom stereocenters. The maximum Gasteiger partial charge on any atom is 0.253 e. The number of imidazole rings is 1. The molecule has 2 aromatic heterocycles. The second-order valence-corrected chi connectivity index (χ2v) is 8.71. The molecule has 5 rings (SSSR count). The van der Waals surface area contributed by atoms with Gasteiger partial charge >= 0.3 is 0 Å². The molecule has 0 atom stereocenters. The fraction of sp³-hybridized carbons (Fsp3) is 0.417. The van der Waals surface area contributed by atoms with Crippen molar-refractivity contribution in [1.82, 2.24) is 29.3 Å². The molecule has 1 saturated carbocycles. The number of carbonyl (C=O) groups excluding carboxylic acids is 1. The lowest BCUT2D eigenvalue weighted by molar-refractivity contribution is 0.0664. The summed E-state index contributed by atoms with van der Waals surface area (Å²) in [5.41, 5.74) is 3.44. The minimum absolute atomic E-state index is 0.0857. The van der Waals surface area contributed by atoms with Crippen LogP contribution in [0.15, 0.2) is 42.7 Å². The number of anilines is 2. The highest BCUT2D eigenvalue weighted by atomic mass is 16.2. The van der Waals surface area contributed by atoms with Crippen molar-refractivity contribution in [3.05, 3.63) is 54.1 Å². The Morgan fingerprint density at radius 3 is 2.47 bits per heavy atom. The lowest BCUT2D eigenvalue weighted by Gasteiger charge is -2.32. The van der Waals surface area contributed by atoms with Gasteiger partial charge in [0.25, 0.3) is 5.91 Å². The predicted molar refractivity (Wildman–Crippen MR) is 124 cm³/mol. The van der Waals surface area contributed by atoms with Gasteiger partial charge in [-0.15, -0.1) is 0 Å². The van der Waals surface area contributed by atoms with Crippen LogP contribution in [0.3, 0.4) is 0 Å². The molecule has 8 heteroatoms. The molecule has 0 spiro atoms. The van der Waals surface area contributed by atoms with Gasteiger partial charge < -0.3 is 19.7 Å². The van der Waals surface area contributed by atoms with Crippen molar-refractivity contribution in [2.24, 2.45) is 0 Å². The second kappa shape index (κ2) is 8.70. The first kappa shape index (κ1) is 20.6. The van der Waals surface area contributed by atoms with Crippen molar-refractivity contribution in [3.8, 4) is 11.4 Å². The average Bonchev–Trinajstić information content (AvgIpc) is 3.14. The number of likely N-dealkylation sites (N-methyl/N-ethyl adjacent to an activating group) is 1. The van der Waals surface area contributed by atoms with E-state index in [0.717, 1.165) is 49.1 Å². The summed E-state index contributed by atoms with van der Waals surface area (Å²) < 4.78 is 2.30. The lowest BCUT2D eigenvalue weighted by Crippen LogP contribution is -2.47. The quantitative estimate of drug-likeness (QED) is 0.666. The second-order valence-electron chi connectivity index (χ2n) is 8.71. The Balaban J connectivity index is 1.30. The van der Waals surface area contributed by atoms with E-state index in [4.69, 9.17) is 4.98 Å². The van der Waals surface area contributed by atoms with E-state index in [9.17, 15) is 4.79 Å². The van der Waals surface area contributed by atoms with Gasteiger partial charge in [0, 0.05) is 49.7 Å². The number of hydrogen-bond acceptors (Lipinski definition) is 6. The summed E-state index contributed by atoms with van der Waals surface area (Å²) in [4.78, 5) is 30.5. The average molecular weight is 432 g/mol. The fourth-order valence-electron chi connectivity index (χ4n) is 4.33. The summed E-state index contributed by atoms with van der Waals surface area (Å²) in [7, 11) is 2.08. The van der Waals surface area contributed by atoms with Gasteiger partial charge in [-0.25, -0.2) is 15.0 Å². The van der Waals surface area contributed by atoms with Crippen LogP contribution in [0, 0.1) is 6.92 Å². The summed E-state index contributed by atoms with van der Waals surface area (Å²) in [5.74, 6) is 1.64. The Kier molecular flexibility index (Phi) is 5.61. The normalized spacial score (nSPS) is 17.2. The van der Waals surface area contributed by atoms with Gasteiger partial charge in [0.15, 0.2) is 0 Å². The Morgan fingerprint density at radius 2 is 1.78 bits per heavy atom. The zero-order valence-electron chi connectivity index (χ0n) is 18.7. The third-order valence-corrected chi connectivity index (χ3v) is 6.52. The van der Waals surface area contributed by atoms with Crippen LogP contribution in [-0.4, -0.2) is 68.5 Å².